The van der Waals surface area contributed by atoms with Crippen molar-refractivity contribution in [1.29, 1.82) is 5.26 Å². The Hall–Kier alpha value is -2.56. The van der Waals surface area contributed by atoms with E-state index < -0.39 is 11.9 Å². The van der Waals surface area contributed by atoms with Crippen molar-refractivity contribution in [3.63, 3.8) is 0 Å². The van der Waals surface area contributed by atoms with Crippen LogP contribution < -0.4 is 15.8 Å². The summed E-state index contributed by atoms with van der Waals surface area (Å²) in [6.07, 6.45) is 1.42. The summed E-state index contributed by atoms with van der Waals surface area (Å²) in [4.78, 5) is 22.9. The van der Waals surface area contributed by atoms with Gasteiger partial charge in [-0.3, -0.25) is 4.79 Å². The fraction of sp³-hybridized carbons (Fsp3) is 0.267. The molecule has 7 nitrogen and oxygen atoms in total. The zero-order valence-electron chi connectivity index (χ0n) is 12.8. The number of halogens is 1. The van der Waals surface area contributed by atoms with Crippen LogP contribution >= 0.6 is 12.4 Å². The lowest BCUT2D eigenvalue weighted by Gasteiger charge is -2.11. The summed E-state index contributed by atoms with van der Waals surface area (Å²) in [5.74, 6) is -0.713. The van der Waals surface area contributed by atoms with E-state index >= 15 is 0 Å². The summed E-state index contributed by atoms with van der Waals surface area (Å²) >= 11 is 0. The van der Waals surface area contributed by atoms with E-state index in [0.717, 1.165) is 0 Å². The highest BCUT2D eigenvalue weighted by atomic mass is 35.5. The van der Waals surface area contributed by atoms with E-state index in [1.165, 1.54) is 26.2 Å². The number of carbonyl (C=O) groups is 2. The largest absolute Gasteiger partial charge is 0.492 e. The first-order valence-electron chi connectivity index (χ1n) is 6.46. The minimum atomic E-state index is -0.690. The molecule has 0 saturated carbocycles. The topological polar surface area (TPSA) is 114 Å². The molecular formula is C15H18ClN3O4. The van der Waals surface area contributed by atoms with Gasteiger partial charge in [0.05, 0.1) is 18.7 Å². The summed E-state index contributed by atoms with van der Waals surface area (Å²) in [6, 6.07) is 6.71. The molecule has 0 heterocycles. The second-order valence-electron chi connectivity index (χ2n) is 4.23. The van der Waals surface area contributed by atoms with Crippen LogP contribution in [0.25, 0.3) is 6.08 Å². The number of esters is 1. The predicted octanol–water partition coefficient (Wildman–Crippen LogP) is 0.968. The minimum Gasteiger partial charge on any atom is -0.492 e. The summed E-state index contributed by atoms with van der Waals surface area (Å²) in [7, 11) is 1.21. The van der Waals surface area contributed by atoms with Gasteiger partial charge in [-0.25, -0.2) is 4.79 Å². The van der Waals surface area contributed by atoms with Gasteiger partial charge in [-0.2, -0.15) is 5.26 Å². The lowest BCUT2D eigenvalue weighted by atomic mass is 10.1. The number of benzene rings is 1. The molecule has 0 unspecified atom stereocenters. The van der Waals surface area contributed by atoms with E-state index in [9.17, 15) is 9.59 Å². The van der Waals surface area contributed by atoms with E-state index in [0.29, 0.717) is 23.4 Å². The van der Waals surface area contributed by atoms with Crippen LogP contribution in [-0.2, 0) is 14.3 Å². The molecule has 0 bridgehead atoms. The zero-order chi connectivity index (χ0) is 16.5. The third-order valence-electron chi connectivity index (χ3n) is 2.53. The standard InChI is InChI=1S/C15H17N3O4.ClH/c1-10(19)18-13(15(20)21-2)8-12-4-3-11(9-17)7-14(12)22-6-5-16;/h3-4,7-8H,5-6,16H2,1-2H3,(H,18,19);1H/b13-8+;. The normalized spacial score (nSPS) is 10.1. The first kappa shape index (κ1) is 20.4. The third kappa shape index (κ3) is 6.38. The Bertz CT molecular complexity index is 638. The first-order chi connectivity index (χ1) is 10.5. The number of hydrogen-bond donors (Lipinski definition) is 2. The molecule has 0 aliphatic heterocycles. The van der Waals surface area contributed by atoms with Gasteiger partial charge in [0.2, 0.25) is 5.91 Å². The van der Waals surface area contributed by atoms with Gasteiger partial charge in [-0.1, -0.05) is 0 Å². The Balaban J connectivity index is 0.00000484. The fourth-order valence-electron chi connectivity index (χ4n) is 1.62. The Morgan fingerprint density at radius 2 is 2.13 bits per heavy atom. The number of methoxy groups -OCH3 is 1. The lowest BCUT2D eigenvalue weighted by molar-refractivity contribution is -0.137. The van der Waals surface area contributed by atoms with E-state index in [1.54, 1.807) is 12.1 Å². The summed E-state index contributed by atoms with van der Waals surface area (Å²) in [6.45, 7) is 1.83. The van der Waals surface area contributed by atoms with E-state index in [-0.39, 0.29) is 24.7 Å². The van der Waals surface area contributed by atoms with Crippen molar-refractivity contribution >= 4 is 30.4 Å². The van der Waals surface area contributed by atoms with E-state index in [2.05, 4.69) is 10.1 Å². The van der Waals surface area contributed by atoms with Crippen molar-refractivity contribution in [3.05, 3.63) is 35.0 Å². The van der Waals surface area contributed by atoms with E-state index in [1.807, 2.05) is 6.07 Å². The van der Waals surface area contributed by atoms with Gasteiger partial charge >= 0.3 is 5.97 Å². The third-order valence-corrected chi connectivity index (χ3v) is 2.53. The summed E-state index contributed by atoms with van der Waals surface area (Å²) < 4.78 is 10.1. The Labute approximate surface area is 140 Å². The van der Waals surface area contributed by atoms with Gasteiger partial charge < -0.3 is 20.5 Å². The highest BCUT2D eigenvalue weighted by Crippen LogP contribution is 2.23. The van der Waals surface area contributed by atoms with Gasteiger partial charge in [0, 0.05) is 19.0 Å². The number of nitriles is 1. The number of nitrogens with two attached hydrogens (primary N) is 1. The molecule has 23 heavy (non-hydrogen) atoms. The maximum absolute atomic E-state index is 11.7. The van der Waals surface area contributed by atoms with Crippen LogP contribution in [0.3, 0.4) is 0 Å². The SMILES string of the molecule is COC(=O)/C(=C\c1ccc(C#N)cc1OCCN)NC(C)=O.Cl. The van der Waals surface area contributed by atoms with Crippen molar-refractivity contribution in [2.24, 2.45) is 5.73 Å². The average Bonchev–Trinajstić information content (AvgIpc) is 2.51. The molecule has 0 fully saturated rings. The number of nitrogens with one attached hydrogen (secondary N) is 1. The lowest BCUT2D eigenvalue weighted by Crippen LogP contribution is -2.25. The number of rotatable bonds is 6. The smallest absolute Gasteiger partial charge is 0.354 e. The Morgan fingerprint density at radius 3 is 2.65 bits per heavy atom. The van der Waals surface area contributed by atoms with Crippen LogP contribution in [0.15, 0.2) is 23.9 Å². The van der Waals surface area contributed by atoms with Gasteiger partial charge in [0.15, 0.2) is 0 Å². The van der Waals surface area contributed by atoms with Gasteiger partial charge in [-0.05, 0) is 24.3 Å². The van der Waals surface area contributed by atoms with Crippen LogP contribution in [0, 0.1) is 11.3 Å². The molecule has 1 aromatic carbocycles. The number of carbonyl (C=O) groups excluding carboxylic acids is 2. The molecule has 1 rings (SSSR count). The molecule has 0 aliphatic rings. The fourth-order valence-corrected chi connectivity index (χ4v) is 1.62. The molecular weight excluding hydrogens is 322 g/mol. The number of nitrogens with zero attached hydrogens (tertiary/aromatic N) is 1. The number of hydrogen-bond acceptors (Lipinski definition) is 6. The summed E-state index contributed by atoms with van der Waals surface area (Å²) in [5.41, 5.74) is 6.29. The maximum Gasteiger partial charge on any atom is 0.354 e. The van der Waals surface area contributed by atoms with Crippen LogP contribution in [-0.4, -0.2) is 32.1 Å². The molecule has 0 atom stereocenters. The predicted molar refractivity (Wildman–Crippen MR) is 86.8 cm³/mol. The average molecular weight is 340 g/mol. The quantitative estimate of drug-likeness (QED) is 0.589. The van der Waals surface area contributed by atoms with Gasteiger partial charge in [-0.15, -0.1) is 12.4 Å². The van der Waals surface area contributed by atoms with Crippen molar-refractivity contribution < 1.29 is 19.1 Å². The molecule has 1 aromatic rings. The molecule has 0 aromatic heterocycles. The second-order valence-corrected chi connectivity index (χ2v) is 4.23. The Kier molecular flexibility index (Phi) is 9.08. The number of ether oxygens (including phenoxy) is 2. The zero-order valence-corrected chi connectivity index (χ0v) is 13.6. The number of amides is 1. The first-order valence-corrected chi connectivity index (χ1v) is 6.46. The maximum atomic E-state index is 11.7. The van der Waals surface area contributed by atoms with Crippen LogP contribution in [0.5, 0.6) is 5.75 Å². The van der Waals surface area contributed by atoms with Crippen molar-refractivity contribution in [3.8, 4) is 11.8 Å². The molecule has 124 valence electrons. The molecule has 0 aliphatic carbocycles. The molecule has 8 heteroatoms. The van der Waals surface area contributed by atoms with Gasteiger partial charge in [0.1, 0.15) is 18.1 Å². The monoisotopic (exact) mass is 339 g/mol. The van der Waals surface area contributed by atoms with Crippen molar-refractivity contribution in [2.45, 2.75) is 6.92 Å². The van der Waals surface area contributed by atoms with E-state index in [4.69, 9.17) is 15.7 Å². The van der Waals surface area contributed by atoms with Crippen molar-refractivity contribution in [2.75, 3.05) is 20.3 Å². The molecule has 0 radical (unpaired) electrons. The molecule has 3 N–H and O–H groups in total. The van der Waals surface area contributed by atoms with Crippen LogP contribution in [0.4, 0.5) is 0 Å². The van der Waals surface area contributed by atoms with Crippen LogP contribution in [0.1, 0.15) is 18.1 Å². The highest BCUT2D eigenvalue weighted by molar-refractivity contribution is 5.97. The molecule has 0 saturated heterocycles. The summed E-state index contributed by atoms with van der Waals surface area (Å²) in [5, 5.41) is 11.3. The molecule has 0 spiro atoms. The van der Waals surface area contributed by atoms with Crippen molar-refractivity contribution in [1.82, 2.24) is 5.32 Å². The van der Waals surface area contributed by atoms with Crippen LogP contribution in [0.2, 0.25) is 0 Å². The highest BCUT2D eigenvalue weighted by Gasteiger charge is 2.13. The second kappa shape index (κ2) is 10.2. The molecule has 1 amide bonds. The van der Waals surface area contributed by atoms with Gasteiger partial charge in [0.25, 0.3) is 0 Å². The minimum absolute atomic E-state index is 0. The Morgan fingerprint density at radius 1 is 1.43 bits per heavy atom.